The van der Waals surface area contributed by atoms with Gasteiger partial charge in [0.25, 0.3) is 0 Å². The molecule has 17 heavy (non-hydrogen) atoms. The van der Waals surface area contributed by atoms with Crippen molar-refractivity contribution in [1.29, 1.82) is 0 Å². The van der Waals surface area contributed by atoms with E-state index in [-0.39, 0.29) is 6.04 Å². The molecule has 1 atom stereocenters. The minimum absolute atomic E-state index is 0.277. The van der Waals surface area contributed by atoms with E-state index in [1.54, 1.807) is 7.11 Å². The van der Waals surface area contributed by atoms with Crippen molar-refractivity contribution in [3.8, 4) is 0 Å². The van der Waals surface area contributed by atoms with E-state index in [0.29, 0.717) is 6.04 Å². The van der Waals surface area contributed by atoms with Crippen molar-refractivity contribution in [2.75, 3.05) is 20.3 Å². The van der Waals surface area contributed by atoms with Crippen molar-refractivity contribution in [1.82, 2.24) is 15.1 Å². The first kappa shape index (κ1) is 14.7. The molecule has 4 nitrogen and oxygen atoms in total. The van der Waals surface area contributed by atoms with Crippen LogP contribution in [-0.4, -0.2) is 30.0 Å². The molecular formula is C12H22BrN3O. The zero-order chi connectivity index (χ0) is 12.8. The minimum Gasteiger partial charge on any atom is -0.385 e. The Balaban J connectivity index is 2.94. The van der Waals surface area contributed by atoms with Crippen LogP contribution in [0.2, 0.25) is 0 Å². The van der Waals surface area contributed by atoms with E-state index in [9.17, 15) is 0 Å². The van der Waals surface area contributed by atoms with Crippen LogP contribution in [0.15, 0.2) is 10.7 Å². The summed E-state index contributed by atoms with van der Waals surface area (Å²) in [6.07, 6.45) is 2.81. The van der Waals surface area contributed by atoms with E-state index >= 15 is 0 Å². The molecule has 1 rings (SSSR count). The molecule has 1 aromatic heterocycles. The highest BCUT2D eigenvalue weighted by Gasteiger charge is 2.20. The lowest BCUT2D eigenvalue weighted by Gasteiger charge is -2.21. The zero-order valence-corrected chi connectivity index (χ0v) is 12.6. The molecule has 0 saturated carbocycles. The molecule has 0 spiro atoms. The summed E-state index contributed by atoms with van der Waals surface area (Å²) in [5, 5.41) is 7.90. The van der Waals surface area contributed by atoms with Crippen LogP contribution in [0.25, 0.3) is 0 Å². The third kappa shape index (κ3) is 3.79. The highest BCUT2D eigenvalue weighted by molar-refractivity contribution is 9.10. The number of methoxy groups -OCH3 is 1. The van der Waals surface area contributed by atoms with Gasteiger partial charge in [0.1, 0.15) is 0 Å². The fourth-order valence-electron chi connectivity index (χ4n) is 1.91. The number of hydrogen-bond donors (Lipinski definition) is 1. The SMILES string of the molecule is CCNC(CCOC)c1c(Br)cnn1C(C)C. The summed E-state index contributed by atoms with van der Waals surface area (Å²) in [5.74, 6) is 0. The number of aromatic nitrogens is 2. The molecule has 1 unspecified atom stereocenters. The second-order valence-corrected chi connectivity index (χ2v) is 5.16. The number of rotatable bonds is 7. The Morgan fingerprint density at radius 1 is 1.53 bits per heavy atom. The number of ether oxygens (including phenoxy) is 1. The summed E-state index contributed by atoms with van der Waals surface area (Å²) in [7, 11) is 1.73. The smallest absolute Gasteiger partial charge is 0.0699 e. The van der Waals surface area contributed by atoms with Crippen LogP contribution in [0, 0.1) is 0 Å². The van der Waals surface area contributed by atoms with Gasteiger partial charge in [-0.3, -0.25) is 4.68 Å². The third-order valence-electron chi connectivity index (χ3n) is 2.67. The molecule has 0 aromatic carbocycles. The van der Waals surface area contributed by atoms with Gasteiger partial charge in [0.15, 0.2) is 0 Å². The van der Waals surface area contributed by atoms with Gasteiger partial charge >= 0.3 is 0 Å². The number of nitrogens with one attached hydrogen (secondary N) is 1. The van der Waals surface area contributed by atoms with E-state index in [2.05, 4.69) is 51.8 Å². The van der Waals surface area contributed by atoms with Gasteiger partial charge in [0.05, 0.1) is 22.4 Å². The molecule has 0 bridgehead atoms. The molecule has 5 heteroatoms. The first-order valence-electron chi connectivity index (χ1n) is 6.07. The predicted octanol–water partition coefficient (Wildman–Crippen LogP) is 2.91. The van der Waals surface area contributed by atoms with Gasteiger partial charge in [-0.1, -0.05) is 6.92 Å². The van der Waals surface area contributed by atoms with E-state index < -0.39 is 0 Å². The standard InChI is InChI=1S/C12H22BrN3O/c1-5-14-11(6-7-17-4)12-10(13)8-15-16(12)9(2)3/h8-9,11,14H,5-7H2,1-4H3. The van der Waals surface area contributed by atoms with Crippen LogP contribution < -0.4 is 5.32 Å². The first-order chi connectivity index (χ1) is 8.11. The lowest BCUT2D eigenvalue weighted by molar-refractivity contribution is 0.181. The molecule has 0 radical (unpaired) electrons. The second kappa shape index (κ2) is 7.13. The number of nitrogens with zero attached hydrogens (tertiary/aromatic N) is 2. The van der Waals surface area contributed by atoms with E-state index in [1.807, 2.05) is 6.20 Å². The Kier molecular flexibility index (Phi) is 6.16. The molecule has 0 amide bonds. The monoisotopic (exact) mass is 303 g/mol. The van der Waals surface area contributed by atoms with Crippen LogP contribution in [0.5, 0.6) is 0 Å². The van der Waals surface area contributed by atoms with Crippen LogP contribution >= 0.6 is 15.9 Å². The second-order valence-electron chi connectivity index (χ2n) is 4.31. The maximum absolute atomic E-state index is 5.17. The summed E-state index contributed by atoms with van der Waals surface area (Å²) in [4.78, 5) is 0. The summed E-state index contributed by atoms with van der Waals surface area (Å²) < 4.78 is 8.30. The molecule has 0 aliphatic rings. The average molecular weight is 304 g/mol. The van der Waals surface area contributed by atoms with Crippen molar-refractivity contribution in [2.24, 2.45) is 0 Å². The topological polar surface area (TPSA) is 39.1 Å². The van der Waals surface area contributed by atoms with Crippen molar-refractivity contribution >= 4 is 15.9 Å². The van der Waals surface area contributed by atoms with Crippen LogP contribution in [0.1, 0.15) is 45.0 Å². The number of halogens is 1. The fourth-order valence-corrected chi connectivity index (χ4v) is 2.46. The summed E-state index contributed by atoms with van der Waals surface area (Å²) in [6, 6.07) is 0.638. The van der Waals surface area contributed by atoms with Gasteiger partial charge in [-0.2, -0.15) is 5.10 Å². The Bertz CT molecular complexity index is 338. The van der Waals surface area contributed by atoms with Crippen LogP contribution in [0.3, 0.4) is 0 Å². The maximum Gasteiger partial charge on any atom is 0.0699 e. The quantitative estimate of drug-likeness (QED) is 0.842. The van der Waals surface area contributed by atoms with E-state index in [0.717, 1.165) is 24.0 Å². The molecular weight excluding hydrogens is 282 g/mol. The molecule has 0 aliphatic heterocycles. The lowest BCUT2D eigenvalue weighted by atomic mass is 10.1. The zero-order valence-electron chi connectivity index (χ0n) is 11.0. The highest BCUT2D eigenvalue weighted by atomic mass is 79.9. The summed E-state index contributed by atoms with van der Waals surface area (Å²) >= 11 is 3.58. The third-order valence-corrected chi connectivity index (χ3v) is 3.28. The Morgan fingerprint density at radius 3 is 2.76 bits per heavy atom. The molecule has 0 aliphatic carbocycles. The predicted molar refractivity (Wildman–Crippen MR) is 73.2 cm³/mol. The van der Waals surface area contributed by atoms with E-state index in [4.69, 9.17) is 4.74 Å². The van der Waals surface area contributed by atoms with Gasteiger partial charge in [-0.25, -0.2) is 0 Å². The van der Waals surface area contributed by atoms with Gasteiger partial charge in [-0.05, 0) is 42.7 Å². The van der Waals surface area contributed by atoms with Gasteiger partial charge in [-0.15, -0.1) is 0 Å². The molecule has 1 aromatic rings. The van der Waals surface area contributed by atoms with E-state index in [1.165, 1.54) is 5.69 Å². The molecule has 0 saturated heterocycles. The molecule has 1 heterocycles. The van der Waals surface area contributed by atoms with Gasteiger partial charge in [0, 0.05) is 19.8 Å². The summed E-state index contributed by atoms with van der Waals surface area (Å²) in [6.45, 7) is 8.08. The highest BCUT2D eigenvalue weighted by Crippen LogP contribution is 2.27. The maximum atomic E-state index is 5.17. The Morgan fingerprint density at radius 2 is 2.24 bits per heavy atom. The molecule has 0 fully saturated rings. The van der Waals surface area contributed by atoms with Crippen molar-refractivity contribution < 1.29 is 4.74 Å². The first-order valence-corrected chi connectivity index (χ1v) is 6.86. The largest absolute Gasteiger partial charge is 0.385 e. The van der Waals surface area contributed by atoms with Crippen LogP contribution in [0.4, 0.5) is 0 Å². The van der Waals surface area contributed by atoms with Crippen molar-refractivity contribution in [2.45, 2.75) is 39.3 Å². The van der Waals surface area contributed by atoms with Crippen molar-refractivity contribution in [3.05, 3.63) is 16.4 Å². The average Bonchev–Trinajstić information content (AvgIpc) is 2.66. The fraction of sp³-hybridized carbons (Fsp3) is 0.750. The Labute approximate surface area is 112 Å². The molecule has 98 valence electrons. The number of hydrogen-bond acceptors (Lipinski definition) is 3. The Hall–Kier alpha value is -0.390. The van der Waals surface area contributed by atoms with Gasteiger partial charge < -0.3 is 10.1 Å². The lowest BCUT2D eigenvalue weighted by Crippen LogP contribution is -2.26. The van der Waals surface area contributed by atoms with Crippen LogP contribution in [-0.2, 0) is 4.74 Å². The molecule has 1 N–H and O–H groups in total. The van der Waals surface area contributed by atoms with Gasteiger partial charge in [0.2, 0.25) is 0 Å². The minimum atomic E-state index is 0.277. The normalized spacial score (nSPS) is 13.3. The van der Waals surface area contributed by atoms with Crippen molar-refractivity contribution in [3.63, 3.8) is 0 Å². The summed E-state index contributed by atoms with van der Waals surface area (Å²) in [5.41, 5.74) is 1.21.